The molecule has 0 saturated heterocycles. The largest absolute Gasteiger partial charge is 0.508 e. The number of benzene rings is 1. The van der Waals surface area contributed by atoms with E-state index in [4.69, 9.17) is 9.72 Å². The van der Waals surface area contributed by atoms with E-state index in [2.05, 4.69) is 0 Å². The molecule has 4 heterocycles. The molecule has 5 rings (SSSR count). The fourth-order valence-corrected chi connectivity index (χ4v) is 4.53. The highest BCUT2D eigenvalue weighted by Crippen LogP contribution is 2.39. The van der Waals surface area contributed by atoms with Gasteiger partial charge in [-0.2, -0.15) is 0 Å². The average molecular weight is 421 g/mol. The highest BCUT2D eigenvalue weighted by atomic mass is 16.6. The van der Waals surface area contributed by atoms with Gasteiger partial charge in [-0.05, 0) is 38.7 Å². The molecule has 2 aliphatic heterocycles. The number of rotatable bonds is 3. The van der Waals surface area contributed by atoms with Gasteiger partial charge in [0.15, 0.2) is 5.60 Å². The number of pyridine rings is 2. The molecule has 0 fully saturated rings. The number of hydrogen-bond donors (Lipinski definition) is 2. The van der Waals surface area contributed by atoms with Crippen LogP contribution in [0.4, 0.5) is 0 Å². The van der Waals surface area contributed by atoms with Crippen molar-refractivity contribution >= 4 is 16.9 Å². The van der Waals surface area contributed by atoms with Crippen LogP contribution >= 0.6 is 0 Å². The molecule has 31 heavy (non-hydrogen) atoms. The lowest BCUT2D eigenvalue weighted by Gasteiger charge is -2.31. The predicted octanol–water partition coefficient (Wildman–Crippen LogP) is 1.85. The summed E-state index contributed by atoms with van der Waals surface area (Å²) in [7, 11) is 3.86. The van der Waals surface area contributed by atoms with Crippen molar-refractivity contribution in [3.05, 3.63) is 56.9 Å². The molecule has 3 aromatic rings. The fraction of sp³-hybridized carbons (Fsp3) is 0.348. The lowest BCUT2D eigenvalue weighted by Crippen LogP contribution is -2.44. The molecule has 0 aliphatic carbocycles. The molecule has 0 radical (unpaired) electrons. The number of aromatic nitrogens is 2. The first-order valence-electron chi connectivity index (χ1n) is 10.2. The van der Waals surface area contributed by atoms with Crippen LogP contribution in [-0.2, 0) is 34.8 Å². The maximum absolute atomic E-state index is 13.2. The Balaban J connectivity index is 1.71. The summed E-state index contributed by atoms with van der Waals surface area (Å²) in [4.78, 5) is 32.2. The van der Waals surface area contributed by atoms with Crippen molar-refractivity contribution in [3.8, 4) is 17.1 Å². The van der Waals surface area contributed by atoms with Gasteiger partial charge >= 0.3 is 5.97 Å². The second-order valence-corrected chi connectivity index (χ2v) is 8.51. The molecular weight excluding hydrogens is 398 g/mol. The topological polar surface area (TPSA) is 105 Å². The van der Waals surface area contributed by atoms with E-state index in [9.17, 15) is 19.8 Å². The third-order valence-electron chi connectivity index (χ3n) is 6.19. The predicted molar refractivity (Wildman–Crippen MR) is 114 cm³/mol. The number of esters is 1. The molecule has 160 valence electrons. The zero-order valence-corrected chi connectivity index (χ0v) is 17.6. The Morgan fingerprint density at radius 2 is 2.00 bits per heavy atom. The van der Waals surface area contributed by atoms with Gasteiger partial charge in [-0.3, -0.25) is 4.79 Å². The van der Waals surface area contributed by atoms with E-state index in [0.29, 0.717) is 41.1 Å². The number of nitrogens with zero attached hydrogens (tertiary/aromatic N) is 3. The summed E-state index contributed by atoms with van der Waals surface area (Å²) < 4.78 is 6.70. The van der Waals surface area contributed by atoms with E-state index in [0.717, 1.165) is 16.5 Å². The molecule has 0 amide bonds. The summed E-state index contributed by atoms with van der Waals surface area (Å²) in [5.74, 6) is -0.576. The number of carbonyl (C=O) groups is 1. The first-order valence-corrected chi connectivity index (χ1v) is 10.2. The molecule has 2 aliphatic rings. The number of fused-ring (bicyclic) bond motifs is 5. The SMILES string of the molecule is CC[C@@]1(O)C(=O)OCc2c1cc1n(c2=O)Cc2cc3cc(CN(C)C)c(O)cc3nc2-1. The number of carbonyl (C=O) groups excluding carboxylic acids is 1. The zero-order valence-electron chi connectivity index (χ0n) is 17.6. The van der Waals surface area contributed by atoms with Gasteiger partial charge in [0.25, 0.3) is 5.56 Å². The van der Waals surface area contributed by atoms with E-state index in [1.165, 1.54) is 0 Å². The van der Waals surface area contributed by atoms with Gasteiger partial charge in [-0.1, -0.05) is 6.92 Å². The number of aromatic hydroxyl groups is 1. The third kappa shape index (κ3) is 2.79. The maximum atomic E-state index is 13.2. The van der Waals surface area contributed by atoms with Gasteiger partial charge in [0.2, 0.25) is 0 Å². The molecule has 0 unspecified atom stereocenters. The van der Waals surface area contributed by atoms with Gasteiger partial charge in [-0.25, -0.2) is 9.78 Å². The molecule has 1 aromatic carbocycles. The van der Waals surface area contributed by atoms with Crippen molar-refractivity contribution in [1.29, 1.82) is 0 Å². The van der Waals surface area contributed by atoms with Gasteiger partial charge < -0.3 is 24.4 Å². The van der Waals surface area contributed by atoms with E-state index in [-0.39, 0.29) is 24.3 Å². The number of phenolic OH excluding ortho intramolecular Hbond substituents is 1. The maximum Gasteiger partial charge on any atom is 0.343 e. The molecule has 2 N–H and O–H groups in total. The van der Waals surface area contributed by atoms with Crippen molar-refractivity contribution < 1.29 is 19.7 Å². The van der Waals surface area contributed by atoms with E-state index < -0.39 is 11.6 Å². The van der Waals surface area contributed by atoms with Crippen molar-refractivity contribution in [2.24, 2.45) is 0 Å². The lowest BCUT2D eigenvalue weighted by atomic mass is 9.86. The number of hydrogen-bond acceptors (Lipinski definition) is 7. The molecule has 1 atom stereocenters. The van der Waals surface area contributed by atoms with Crippen LogP contribution in [0.25, 0.3) is 22.3 Å². The van der Waals surface area contributed by atoms with Crippen LogP contribution in [0.2, 0.25) is 0 Å². The van der Waals surface area contributed by atoms with E-state index in [1.54, 1.807) is 23.6 Å². The van der Waals surface area contributed by atoms with Crippen LogP contribution in [0.3, 0.4) is 0 Å². The molecule has 2 aromatic heterocycles. The van der Waals surface area contributed by atoms with Crippen molar-refractivity contribution in [3.63, 3.8) is 0 Å². The fourth-order valence-electron chi connectivity index (χ4n) is 4.53. The van der Waals surface area contributed by atoms with Crippen LogP contribution in [0.1, 0.15) is 35.6 Å². The summed E-state index contributed by atoms with van der Waals surface area (Å²) in [5, 5.41) is 22.2. The van der Waals surface area contributed by atoms with Crippen LogP contribution in [0.15, 0.2) is 29.1 Å². The average Bonchev–Trinajstić information content (AvgIpc) is 3.08. The quantitative estimate of drug-likeness (QED) is 0.487. The van der Waals surface area contributed by atoms with Crippen molar-refractivity contribution in [2.75, 3.05) is 14.1 Å². The monoisotopic (exact) mass is 421 g/mol. The smallest absolute Gasteiger partial charge is 0.343 e. The van der Waals surface area contributed by atoms with Crippen molar-refractivity contribution in [2.45, 2.75) is 38.6 Å². The Hall–Kier alpha value is -3.23. The Morgan fingerprint density at radius 1 is 1.23 bits per heavy atom. The normalized spacial score (nSPS) is 19.3. The van der Waals surface area contributed by atoms with E-state index >= 15 is 0 Å². The van der Waals surface area contributed by atoms with Crippen molar-refractivity contribution in [1.82, 2.24) is 14.5 Å². The Labute approximate surface area is 178 Å². The Bertz CT molecular complexity index is 1330. The molecule has 8 heteroatoms. The van der Waals surface area contributed by atoms with Gasteiger partial charge in [-0.15, -0.1) is 0 Å². The van der Waals surface area contributed by atoms with Crippen LogP contribution in [0.5, 0.6) is 5.75 Å². The number of cyclic esters (lactones) is 1. The third-order valence-corrected chi connectivity index (χ3v) is 6.19. The second-order valence-electron chi connectivity index (χ2n) is 8.51. The number of phenols is 1. The summed E-state index contributed by atoms with van der Waals surface area (Å²) in [6.45, 7) is 2.47. The van der Waals surface area contributed by atoms with E-state index in [1.807, 2.05) is 31.1 Å². The molecule has 0 saturated carbocycles. The summed E-state index contributed by atoms with van der Waals surface area (Å²) in [5.41, 5.74) is 1.92. The minimum Gasteiger partial charge on any atom is -0.508 e. The van der Waals surface area contributed by atoms with Gasteiger partial charge in [0.1, 0.15) is 12.4 Å². The molecule has 0 bridgehead atoms. The minimum atomic E-state index is -1.85. The summed E-state index contributed by atoms with van der Waals surface area (Å²) in [6.07, 6.45) is 0.0995. The zero-order chi connectivity index (χ0) is 22.1. The number of ether oxygens (including phenoxy) is 1. The second kappa shape index (κ2) is 6.63. The highest BCUT2D eigenvalue weighted by molar-refractivity contribution is 5.87. The van der Waals surface area contributed by atoms with Crippen LogP contribution in [-0.4, -0.2) is 44.7 Å². The standard InChI is InChI=1S/C23H23N3O5/c1-4-23(30)16-7-18-20-14(10-26(18)21(28)15(16)11-31-22(23)29)6-12-5-13(9-25(2)3)19(27)8-17(12)24-20/h5-8,27,30H,4,9-11H2,1-3H3/t23-/m0/s1. The van der Waals surface area contributed by atoms with Gasteiger partial charge in [0.05, 0.1) is 29.0 Å². The van der Waals surface area contributed by atoms with Crippen LogP contribution < -0.4 is 5.56 Å². The van der Waals surface area contributed by atoms with Gasteiger partial charge in [0, 0.05) is 34.7 Å². The summed E-state index contributed by atoms with van der Waals surface area (Å²) >= 11 is 0. The van der Waals surface area contributed by atoms with Crippen LogP contribution in [0, 0.1) is 0 Å². The molecule has 0 spiro atoms. The highest BCUT2D eigenvalue weighted by Gasteiger charge is 2.45. The summed E-state index contributed by atoms with van der Waals surface area (Å²) in [6, 6.07) is 7.21. The Kier molecular flexibility index (Phi) is 4.22. The minimum absolute atomic E-state index is 0.0995. The Morgan fingerprint density at radius 3 is 2.71 bits per heavy atom. The first-order chi connectivity index (χ1) is 14.7. The lowest BCUT2D eigenvalue weighted by molar-refractivity contribution is -0.172. The molecule has 8 nitrogen and oxygen atoms in total. The molecular formula is C23H23N3O5. The number of aliphatic hydroxyl groups is 1. The first kappa shape index (κ1) is 19.7.